The molecular formula is C28H26BrN5O5S. The van der Waals surface area contributed by atoms with Gasteiger partial charge in [0, 0.05) is 15.6 Å². The Labute approximate surface area is 243 Å². The van der Waals surface area contributed by atoms with Crippen LogP contribution in [0.4, 0.5) is 5.13 Å². The summed E-state index contributed by atoms with van der Waals surface area (Å²) in [6.07, 6.45) is 1.45. The third-order valence-electron chi connectivity index (χ3n) is 5.42. The summed E-state index contributed by atoms with van der Waals surface area (Å²) in [5.74, 6) is 1.18. The van der Waals surface area contributed by atoms with Crippen LogP contribution in [-0.4, -0.2) is 48.5 Å². The van der Waals surface area contributed by atoms with Crippen molar-refractivity contribution in [3.8, 4) is 17.2 Å². The summed E-state index contributed by atoms with van der Waals surface area (Å²) in [5.41, 5.74) is 4.54. The van der Waals surface area contributed by atoms with E-state index in [1.165, 1.54) is 6.21 Å². The molecule has 0 atom stereocenters. The van der Waals surface area contributed by atoms with Crippen LogP contribution >= 0.6 is 27.3 Å². The maximum absolute atomic E-state index is 12.5. The van der Waals surface area contributed by atoms with Crippen LogP contribution in [0.3, 0.4) is 0 Å². The molecule has 0 bridgehead atoms. The van der Waals surface area contributed by atoms with Gasteiger partial charge in [0.15, 0.2) is 11.5 Å². The lowest BCUT2D eigenvalue weighted by Crippen LogP contribution is -2.19. The van der Waals surface area contributed by atoms with E-state index in [1.54, 1.807) is 25.3 Å². The van der Waals surface area contributed by atoms with Crippen molar-refractivity contribution in [3.63, 3.8) is 0 Å². The molecule has 10 nitrogen and oxygen atoms in total. The van der Waals surface area contributed by atoms with Gasteiger partial charge in [-0.3, -0.25) is 14.9 Å². The highest BCUT2D eigenvalue weighted by molar-refractivity contribution is 9.10. The number of hydrogen-bond acceptors (Lipinski definition) is 9. The number of aryl methyl sites for hydroxylation is 1. The topological polar surface area (TPSA) is 124 Å². The summed E-state index contributed by atoms with van der Waals surface area (Å²) >= 11 is 4.56. The van der Waals surface area contributed by atoms with Crippen molar-refractivity contribution < 1.29 is 23.8 Å². The van der Waals surface area contributed by atoms with Crippen LogP contribution in [0.15, 0.2) is 76.3 Å². The maximum atomic E-state index is 12.5. The average molecular weight is 625 g/mol. The number of nitrogens with zero attached hydrogens (tertiary/aromatic N) is 3. The number of hydrogen-bond donors (Lipinski definition) is 2. The largest absolute Gasteiger partial charge is 0.493 e. The van der Waals surface area contributed by atoms with E-state index in [1.807, 2.05) is 55.5 Å². The fourth-order valence-corrected chi connectivity index (χ4v) is 4.62. The quantitative estimate of drug-likeness (QED) is 0.129. The number of hydrazone groups is 1. The number of para-hydroxylation sites is 2. The Morgan fingerprint density at radius 2 is 1.70 bits per heavy atom. The van der Waals surface area contributed by atoms with Gasteiger partial charge < -0.3 is 14.2 Å². The first kappa shape index (κ1) is 28.7. The number of anilines is 1. The zero-order chi connectivity index (χ0) is 28.3. The minimum absolute atomic E-state index is 0.0443. The number of amides is 2. The third kappa shape index (κ3) is 8.10. The van der Waals surface area contributed by atoms with Crippen molar-refractivity contribution in [2.45, 2.75) is 13.3 Å². The number of carbonyl (C=O) groups is 2. The summed E-state index contributed by atoms with van der Waals surface area (Å²) in [6, 6.07) is 20.1. The summed E-state index contributed by atoms with van der Waals surface area (Å²) in [6.45, 7) is 2.44. The molecule has 0 fully saturated rings. The number of rotatable bonds is 12. The first-order valence-electron chi connectivity index (χ1n) is 12.1. The molecule has 206 valence electrons. The highest BCUT2D eigenvalue weighted by Gasteiger charge is 2.14. The first-order chi connectivity index (χ1) is 19.4. The molecule has 2 amide bonds. The molecular weight excluding hydrogens is 598 g/mol. The van der Waals surface area contributed by atoms with Crippen LogP contribution in [-0.2, 0) is 11.2 Å². The summed E-state index contributed by atoms with van der Waals surface area (Å²) in [7, 11) is 1.59. The molecule has 0 saturated heterocycles. The molecule has 0 spiro atoms. The second-order valence-corrected chi connectivity index (χ2v) is 10.2. The number of nitrogens with one attached hydrogen (secondary N) is 2. The Bertz CT molecular complexity index is 1510. The average Bonchev–Trinajstić information content (AvgIpc) is 3.38. The summed E-state index contributed by atoms with van der Waals surface area (Å²) in [5, 5.41) is 15.5. The molecule has 3 aromatic carbocycles. The second-order valence-electron chi connectivity index (χ2n) is 8.27. The number of carbonyl (C=O) groups excluding carboxylic acids is 2. The van der Waals surface area contributed by atoms with E-state index >= 15 is 0 Å². The normalized spacial score (nSPS) is 10.8. The summed E-state index contributed by atoms with van der Waals surface area (Å²) < 4.78 is 17.7. The van der Waals surface area contributed by atoms with E-state index in [0.29, 0.717) is 45.1 Å². The molecule has 40 heavy (non-hydrogen) atoms. The van der Waals surface area contributed by atoms with Gasteiger partial charge in [0.05, 0.1) is 19.7 Å². The van der Waals surface area contributed by atoms with E-state index in [0.717, 1.165) is 21.4 Å². The lowest BCUT2D eigenvalue weighted by atomic mass is 10.1. The van der Waals surface area contributed by atoms with E-state index in [4.69, 9.17) is 14.2 Å². The standard InChI is InChI=1S/C28H26BrN5O5S/c1-18-7-3-4-8-21(18)27(36)31-28-34-33-26(40-28)16-25(35)32-30-17-19-15-20(29)11-12-22(19)38-13-14-39-24-10-6-5-9-23(24)37-2/h3-12,15,17H,13-14,16H2,1-2H3,(H,32,35)(H,31,34,36)/b30-17-. The Kier molecular flexibility index (Phi) is 10.2. The van der Waals surface area contributed by atoms with Crippen LogP contribution in [0.2, 0.25) is 0 Å². The molecule has 1 aromatic heterocycles. The fourth-order valence-electron chi connectivity index (χ4n) is 3.51. The fraction of sp³-hybridized carbons (Fsp3) is 0.179. The number of methoxy groups -OCH3 is 1. The molecule has 0 aliphatic carbocycles. The van der Waals surface area contributed by atoms with Crippen molar-refractivity contribution in [2.75, 3.05) is 25.6 Å². The number of halogens is 1. The molecule has 0 saturated carbocycles. The van der Waals surface area contributed by atoms with Gasteiger partial charge in [-0.05, 0) is 48.9 Å². The molecule has 2 N–H and O–H groups in total. The van der Waals surface area contributed by atoms with Gasteiger partial charge in [0.1, 0.15) is 24.0 Å². The Balaban J connectivity index is 1.27. The SMILES string of the molecule is COc1ccccc1OCCOc1ccc(Br)cc1/C=N\NC(=O)Cc1nnc(NC(=O)c2ccccc2C)s1. The van der Waals surface area contributed by atoms with E-state index in [-0.39, 0.29) is 24.8 Å². The van der Waals surface area contributed by atoms with Gasteiger partial charge in [-0.15, -0.1) is 10.2 Å². The zero-order valence-corrected chi connectivity index (χ0v) is 24.1. The van der Waals surface area contributed by atoms with Gasteiger partial charge in [-0.2, -0.15) is 5.10 Å². The lowest BCUT2D eigenvalue weighted by molar-refractivity contribution is -0.120. The zero-order valence-electron chi connectivity index (χ0n) is 21.7. The summed E-state index contributed by atoms with van der Waals surface area (Å²) in [4.78, 5) is 24.9. The van der Waals surface area contributed by atoms with Gasteiger partial charge in [-0.1, -0.05) is 57.6 Å². The van der Waals surface area contributed by atoms with Crippen LogP contribution in [0.1, 0.15) is 26.5 Å². The van der Waals surface area contributed by atoms with E-state index < -0.39 is 0 Å². The highest BCUT2D eigenvalue weighted by atomic mass is 79.9. The minimum Gasteiger partial charge on any atom is -0.493 e. The van der Waals surface area contributed by atoms with Crippen LogP contribution < -0.4 is 25.0 Å². The van der Waals surface area contributed by atoms with Gasteiger partial charge in [0.2, 0.25) is 11.0 Å². The molecule has 0 unspecified atom stereocenters. The molecule has 0 aliphatic rings. The Morgan fingerprint density at radius 3 is 2.48 bits per heavy atom. The number of ether oxygens (including phenoxy) is 3. The van der Waals surface area contributed by atoms with E-state index in [2.05, 4.69) is 42.0 Å². The smallest absolute Gasteiger partial charge is 0.257 e. The monoisotopic (exact) mass is 623 g/mol. The molecule has 4 aromatic rings. The van der Waals surface area contributed by atoms with Crippen LogP contribution in [0.25, 0.3) is 0 Å². The predicted molar refractivity (Wildman–Crippen MR) is 157 cm³/mol. The second kappa shape index (κ2) is 14.2. The number of benzene rings is 3. The first-order valence-corrected chi connectivity index (χ1v) is 13.7. The van der Waals surface area contributed by atoms with Crippen molar-refractivity contribution in [1.29, 1.82) is 0 Å². The third-order valence-corrected chi connectivity index (χ3v) is 6.75. The van der Waals surface area contributed by atoms with Crippen molar-refractivity contribution >= 4 is 50.4 Å². The van der Waals surface area contributed by atoms with Crippen molar-refractivity contribution in [2.24, 2.45) is 5.10 Å². The molecule has 4 rings (SSSR count). The van der Waals surface area contributed by atoms with E-state index in [9.17, 15) is 9.59 Å². The molecule has 0 aliphatic heterocycles. The van der Waals surface area contributed by atoms with Crippen molar-refractivity contribution in [3.05, 3.63) is 92.9 Å². The van der Waals surface area contributed by atoms with Crippen LogP contribution in [0, 0.1) is 6.92 Å². The Hall–Kier alpha value is -4.29. The minimum atomic E-state index is -0.383. The predicted octanol–water partition coefficient (Wildman–Crippen LogP) is 5.02. The van der Waals surface area contributed by atoms with Crippen LogP contribution in [0.5, 0.6) is 17.2 Å². The van der Waals surface area contributed by atoms with Gasteiger partial charge in [-0.25, -0.2) is 5.43 Å². The molecule has 0 radical (unpaired) electrons. The highest BCUT2D eigenvalue weighted by Crippen LogP contribution is 2.26. The number of aromatic nitrogens is 2. The molecule has 1 heterocycles. The Morgan fingerprint density at radius 1 is 0.975 bits per heavy atom. The lowest BCUT2D eigenvalue weighted by Gasteiger charge is -2.12. The maximum Gasteiger partial charge on any atom is 0.257 e. The van der Waals surface area contributed by atoms with Gasteiger partial charge >= 0.3 is 0 Å². The van der Waals surface area contributed by atoms with Crippen molar-refractivity contribution in [1.82, 2.24) is 15.6 Å². The van der Waals surface area contributed by atoms with Gasteiger partial charge in [0.25, 0.3) is 5.91 Å². The molecule has 12 heteroatoms.